The van der Waals surface area contributed by atoms with Crippen molar-refractivity contribution < 1.29 is 8.83 Å². The summed E-state index contributed by atoms with van der Waals surface area (Å²) in [6.45, 7) is 0. The number of hydrogen-bond acceptors (Lipinski definition) is 3. The summed E-state index contributed by atoms with van der Waals surface area (Å²) in [7, 11) is 0. The summed E-state index contributed by atoms with van der Waals surface area (Å²) >= 11 is 0. The minimum atomic E-state index is 0.863. The number of fused-ring (bicyclic) bond motifs is 6. The van der Waals surface area contributed by atoms with E-state index in [2.05, 4.69) is 169 Å². The first-order chi connectivity index (χ1) is 25.3. The van der Waals surface area contributed by atoms with Crippen molar-refractivity contribution in [2.24, 2.45) is 0 Å². The first-order valence-electron chi connectivity index (χ1n) is 17.3. The van der Waals surface area contributed by atoms with Crippen LogP contribution in [-0.4, -0.2) is 0 Å². The normalized spacial score (nSPS) is 11.5. The average molecular weight is 654 g/mol. The van der Waals surface area contributed by atoms with Crippen LogP contribution >= 0.6 is 0 Å². The summed E-state index contributed by atoms with van der Waals surface area (Å²) in [4.78, 5) is 2.33. The smallest absolute Gasteiger partial charge is 0.143 e. The second-order valence-corrected chi connectivity index (χ2v) is 12.9. The van der Waals surface area contributed by atoms with Gasteiger partial charge in [0.15, 0.2) is 0 Å². The lowest BCUT2D eigenvalue weighted by atomic mass is 9.99. The predicted octanol–water partition coefficient (Wildman–Crippen LogP) is 14.0. The molecule has 0 bridgehead atoms. The van der Waals surface area contributed by atoms with E-state index >= 15 is 0 Å². The zero-order chi connectivity index (χ0) is 33.7. The van der Waals surface area contributed by atoms with Gasteiger partial charge in [0.05, 0.1) is 11.1 Å². The van der Waals surface area contributed by atoms with Gasteiger partial charge in [0.2, 0.25) is 0 Å². The summed E-state index contributed by atoms with van der Waals surface area (Å²) in [5.41, 5.74) is 13.7. The zero-order valence-corrected chi connectivity index (χ0v) is 27.7. The summed E-state index contributed by atoms with van der Waals surface area (Å²) in [6, 6.07) is 66.2. The molecule has 8 aromatic carbocycles. The van der Waals surface area contributed by atoms with Gasteiger partial charge in [-0.2, -0.15) is 0 Å². The Balaban J connectivity index is 1.08. The van der Waals surface area contributed by atoms with E-state index in [9.17, 15) is 0 Å². The van der Waals surface area contributed by atoms with Crippen LogP contribution in [0.5, 0.6) is 0 Å². The number of anilines is 3. The molecular weight excluding hydrogens is 623 g/mol. The Bertz CT molecular complexity index is 2830. The molecule has 240 valence electrons. The molecule has 0 fully saturated rings. The van der Waals surface area contributed by atoms with Crippen molar-refractivity contribution in [1.29, 1.82) is 0 Å². The van der Waals surface area contributed by atoms with E-state index in [-0.39, 0.29) is 0 Å². The van der Waals surface area contributed by atoms with E-state index in [4.69, 9.17) is 8.83 Å². The molecule has 0 aliphatic rings. The molecule has 0 radical (unpaired) electrons. The van der Waals surface area contributed by atoms with Gasteiger partial charge in [0.25, 0.3) is 0 Å². The predicted molar refractivity (Wildman–Crippen MR) is 212 cm³/mol. The molecule has 0 unspecified atom stereocenters. The highest BCUT2D eigenvalue weighted by Gasteiger charge is 2.20. The Labute approximate surface area is 295 Å². The first kappa shape index (κ1) is 29.1. The van der Waals surface area contributed by atoms with E-state index in [1.807, 2.05) is 24.3 Å². The Hall–Kier alpha value is -6.84. The summed E-state index contributed by atoms with van der Waals surface area (Å²) < 4.78 is 12.7. The van der Waals surface area contributed by atoms with Crippen molar-refractivity contribution in [3.8, 4) is 33.4 Å². The van der Waals surface area contributed by atoms with E-state index in [1.54, 1.807) is 0 Å². The van der Waals surface area contributed by atoms with Gasteiger partial charge in [-0.05, 0) is 76.3 Å². The monoisotopic (exact) mass is 653 g/mol. The molecule has 2 aromatic heterocycles. The molecule has 0 saturated carbocycles. The van der Waals surface area contributed by atoms with E-state index in [1.165, 1.54) is 22.3 Å². The Morgan fingerprint density at radius 2 is 0.804 bits per heavy atom. The molecule has 0 N–H and O–H groups in total. The van der Waals surface area contributed by atoms with Crippen molar-refractivity contribution in [3.63, 3.8) is 0 Å². The van der Waals surface area contributed by atoms with Gasteiger partial charge in [0.1, 0.15) is 22.3 Å². The van der Waals surface area contributed by atoms with Crippen LogP contribution in [0.4, 0.5) is 17.1 Å². The average Bonchev–Trinajstić information content (AvgIpc) is 3.78. The van der Waals surface area contributed by atoms with Gasteiger partial charge in [0, 0.05) is 33.1 Å². The van der Waals surface area contributed by atoms with Crippen LogP contribution in [-0.2, 0) is 0 Å². The summed E-state index contributed by atoms with van der Waals surface area (Å²) in [6.07, 6.45) is 0. The van der Waals surface area contributed by atoms with Crippen LogP contribution < -0.4 is 4.90 Å². The molecule has 0 spiro atoms. The number of rotatable bonds is 6. The number of nitrogens with zero attached hydrogens (tertiary/aromatic N) is 1. The Morgan fingerprint density at radius 3 is 1.49 bits per heavy atom. The largest absolute Gasteiger partial charge is 0.456 e. The third-order valence-electron chi connectivity index (χ3n) is 9.91. The van der Waals surface area contributed by atoms with Crippen molar-refractivity contribution in [3.05, 3.63) is 188 Å². The molecule has 0 saturated heterocycles. The van der Waals surface area contributed by atoms with E-state index in [0.29, 0.717) is 0 Å². The minimum Gasteiger partial charge on any atom is -0.456 e. The SMILES string of the molecule is c1ccc(-c2ccc(-c3ccc(N(c4ccc(-c5cccc6c5oc5ccccc56)cc4)c4cccc5oc6ccccc6c45)cc3)cc2)cc1. The fraction of sp³-hybridized carbons (Fsp3) is 0. The third-order valence-corrected chi connectivity index (χ3v) is 9.91. The fourth-order valence-electron chi connectivity index (χ4n) is 7.42. The van der Waals surface area contributed by atoms with Gasteiger partial charge < -0.3 is 13.7 Å². The first-order valence-corrected chi connectivity index (χ1v) is 17.3. The zero-order valence-electron chi connectivity index (χ0n) is 27.7. The van der Waals surface area contributed by atoms with Crippen LogP contribution in [0.3, 0.4) is 0 Å². The highest BCUT2D eigenvalue weighted by atomic mass is 16.3. The van der Waals surface area contributed by atoms with E-state index in [0.717, 1.165) is 72.1 Å². The molecule has 10 aromatic rings. The van der Waals surface area contributed by atoms with E-state index < -0.39 is 0 Å². The lowest BCUT2D eigenvalue weighted by Gasteiger charge is -2.26. The Morgan fingerprint density at radius 1 is 0.314 bits per heavy atom. The van der Waals surface area contributed by atoms with Gasteiger partial charge in [-0.3, -0.25) is 0 Å². The summed E-state index contributed by atoms with van der Waals surface area (Å²) in [5, 5.41) is 4.44. The fourth-order valence-corrected chi connectivity index (χ4v) is 7.42. The number of para-hydroxylation sites is 3. The van der Waals surface area contributed by atoms with Gasteiger partial charge in [-0.15, -0.1) is 0 Å². The number of benzene rings is 8. The second-order valence-electron chi connectivity index (χ2n) is 12.9. The minimum absolute atomic E-state index is 0.863. The maximum atomic E-state index is 6.39. The maximum Gasteiger partial charge on any atom is 0.143 e. The lowest BCUT2D eigenvalue weighted by molar-refractivity contribution is 0.669. The Kier molecular flexibility index (Phi) is 6.81. The topological polar surface area (TPSA) is 29.5 Å². The second kappa shape index (κ2) is 11.9. The maximum absolute atomic E-state index is 6.39. The van der Waals surface area contributed by atoms with Gasteiger partial charge in [-0.25, -0.2) is 0 Å². The number of furan rings is 2. The van der Waals surface area contributed by atoms with Crippen molar-refractivity contribution in [2.75, 3.05) is 4.90 Å². The molecule has 0 aliphatic heterocycles. The molecule has 3 heteroatoms. The van der Waals surface area contributed by atoms with Gasteiger partial charge >= 0.3 is 0 Å². The highest BCUT2D eigenvalue weighted by Crippen LogP contribution is 2.44. The van der Waals surface area contributed by atoms with Crippen LogP contribution in [0.2, 0.25) is 0 Å². The molecular formula is C48H31NO2. The van der Waals surface area contributed by atoms with Crippen LogP contribution in [0, 0.1) is 0 Å². The molecule has 3 nitrogen and oxygen atoms in total. The molecule has 0 atom stereocenters. The lowest BCUT2D eigenvalue weighted by Crippen LogP contribution is -2.10. The highest BCUT2D eigenvalue weighted by molar-refractivity contribution is 6.13. The standard InChI is InChI=1S/C48H31NO2/c1-2-10-32(11-3-1)33-20-22-34(23-21-33)35-24-28-37(29-25-35)49(43-16-9-19-46-47(43)42-13-5-7-18-45(42)50-46)38-30-26-36(27-31-38)39-14-8-15-41-40-12-4-6-17-44(40)51-48(39)41/h1-31H. The quantitative estimate of drug-likeness (QED) is 0.179. The van der Waals surface area contributed by atoms with Crippen molar-refractivity contribution in [1.82, 2.24) is 0 Å². The molecule has 2 heterocycles. The molecule has 0 aliphatic carbocycles. The van der Waals surface area contributed by atoms with Crippen LogP contribution in [0.25, 0.3) is 77.3 Å². The van der Waals surface area contributed by atoms with Crippen LogP contribution in [0.15, 0.2) is 197 Å². The molecule has 51 heavy (non-hydrogen) atoms. The molecule has 0 amide bonds. The number of hydrogen-bond donors (Lipinski definition) is 0. The van der Waals surface area contributed by atoms with Gasteiger partial charge in [-0.1, -0.05) is 140 Å². The summed E-state index contributed by atoms with van der Waals surface area (Å²) in [5.74, 6) is 0. The van der Waals surface area contributed by atoms with Crippen molar-refractivity contribution in [2.45, 2.75) is 0 Å². The third kappa shape index (κ3) is 4.98. The van der Waals surface area contributed by atoms with Crippen molar-refractivity contribution >= 4 is 60.9 Å². The van der Waals surface area contributed by atoms with Crippen LogP contribution in [0.1, 0.15) is 0 Å². The molecule has 10 rings (SSSR count).